The minimum absolute atomic E-state index is 0.373. The summed E-state index contributed by atoms with van der Waals surface area (Å²) in [6, 6.07) is 0. The monoisotopic (exact) mass is 196 g/mol. The van der Waals surface area contributed by atoms with Crippen molar-refractivity contribution >= 4 is 5.78 Å². The molecule has 0 aromatic carbocycles. The summed E-state index contributed by atoms with van der Waals surface area (Å²) in [6.07, 6.45) is 5.32. The van der Waals surface area contributed by atoms with Gasteiger partial charge in [0.05, 0.1) is 0 Å². The van der Waals surface area contributed by atoms with Crippen LogP contribution in [0.2, 0.25) is 0 Å². The molecule has 0 unspecified atom stereocenters. The summed E-state index contributed by atoms with van der Waals surface area (Å²) in [7, 11) is 0. The first-order valence-electron chi connectivity index (χ1n) is 5.98. The highest BCUT2D eigenvalue weighted by atomic mass is 16.1. The van der Waals surface area contributed by atoms with Crippen molar-refractivity contribution < 1.29 is 4.79 Å². The van der Waals surface area contributed by atoms with E-state index in [-0.39, 0.29) is 0 Å². The molecule has 1 aliphatic rings. The maximum atomic E-state index is 11.7. The number of ketones is 1. The van der Waals surface area contributed by atoms with E-state index in [0.29, 0.717) is 17.1 Å². The van der Waals surface area contributed by atoms with Crippen molar-refractivity contribution in [1.29, 1.82) is 0 Å². The van der Waals surface area contributed by atoms with Crippen LogP contribution >= 0.6 is 0 Å². The van der Waals surface area contributed by atoms with Crippen LogP contribution in [0.3, 0.4) is 0 Å². The van der Waals surface area contributed by atoms with E-state index >= 15 is 0 Å². The van der Waals surface area contributed by atoms with E-state index in [1.807, 2.05) is 0 Å². The zero-order valence-corrected chi connectivity index (χ0v) is 10.1. The Morgan fingerprint density at radius 1 is 1.36 bits per heavy atom. The van der Waals surface area contributed by atoms with Crippen molar-refractivity contribution in [2.45, 2.75) is 59.8 Å². The minimum atomic E-state index is 0.373. The molecule has 0 spiro atoms. The molecule has 0 aliphatic heterocycles. The van der Waals surface area contributed by atoms with E-state index in [4.69, 9.17) is 0 Å². The highest BCUT2D eigenvalue weighted by Gasteiger charge is 2.34. The zero-order chi connectivity index (χ0) is 10.8. The number of hydrogen-bond donors (Lipinski definition) is 0. The summed E-state index contributed by atoms with van der Waals surface area (Å²) in [5.41, 5.74) is 0.382. The van der Waals surface area contributed by atoms with Crippen molar-refractivity contribution in [1.82, 2.24) is 0 Å². The van der Waals surface area contributed by atoms with Gasteiger partial charge in [-0.2, -0.15) is 0 Å². The van der Waals surface area contributed by atoms with Gasteiger partial charge in [0.15, 0.2) is 0 Å². The molecule has 1 saturated carbocycles. The van der Waals surface area contributed by atoms with Crippen LogP contribution in [-0.4, -0.2) is 5.78 Å². The van der Waals surface area contributed by atoms with Gasteiger partial charge < -0.3 is 0 Å². The normalized spacial score (nSPS) is 29.3. The van der Waals surface area contributed by atoms with Gasteiger partial charge in [-0.15, -0.1) is 0 Å². The molecule has 0 bridgehead atoms. The molecule has 0 radical (unpaired) electrons. The molecule has 0 N–H and O–H groups in total. The van der Waals surface area contributed by atoms with Gasteiger partial charge in [0.2, 0.25) is 0 Å². The van der Waals surface area contributed by atoms with Crippen molar-refractivity contribution in [3.63, 3.8) is 0 Å². The second-order valence-corrected chi connectivity index (χ2v) is 5.79. The Morgan fingerprint density at radius 3 is 2.50 bits per heavy atom. The first-order valence-corrected chi connectivity index (χ1v) is 5.98. The van der Waals surface area contributed by atoms with E-state index in [1.165, 1.54) is 0 Å². The van der Waals surface area contributed by atoms with Gasteiger partial charge in [-0.05, 0) is 30.6 Å². The molecule has 1 aliphatic carbocycles. The Bertz CT molecular complexity index is 200. The quantitative estimate of drug-likeness (QED) is 0.656. The molecule has 0 aromatic heterocycles. The van der Waals surface area contributed by atoms with Crippen molar-refractivity contribution in [2.24, 2.45) is 17.3 Å². The van der Waals surface area contributed by atoms with E-state index in [9.17, 15) is 4.79 Å². The fraction of sp³-hybridized carbons (Fsp3) is 0.923. The number of rotatable bonds is 2. The summed E-state index contributed by atoms with van der Waals surface area (Å²) >= 11 is 0. The Kier molecular flexibility index (Phi) is 3.74. The SMILES string of the molecule is CCC[C@H]1C[C@@H](C(C)(C)C)CCC1=O. The maximum absolute atomic E-state index is 11.7. The summed E-state index contributed by atoms with van der Waals surface area (Å²) in [4.78, 5) is 11.7. The fourth-order valence-electron chi connectivity index (χ4n) is 2.53. The Labute approximate surface area is 88.3 Å². The number of carbonyl (C=O) groups is 1. The first kappa shape index (κ1) is 11.7. The van der Waals surface area contributed by atoms with Crippen LogP contribution in [0.5, 0.6) is 0 Å². The van der Waals surface area contributed by atoms with E-state index < -0.39 is 0 Å². The van der Waals surface area contributed by atoms with Crippen LogP contribution in [0.1, 0.15) is 59.8 Å². The average molecular weight is 196 g/mol. The molecule has 1 fully saturated rings. The highest BCUT2D eigenvalue weighted by Crippen LogP contribution is 2.40. The van der Waals surface area contributed by atoms with Crippen LogP contribution in [0.15, 0.2) is 0 Å². The van der Waals surface area contributed by atoms with Crippen molar-refractivity contribution in [2.75, 3.05) is 0 Å². The molecule has 1 heteroatoms. The van der Waals surface area contributed by atoms with Crippen LogP contribution in [-0.2, 0) is 4.79 Å². The third-order valence-corrected chi connectivity index (χ3v) is 3.63. The second kappa shape index (κ2) is 4.46. The summed E-state index contributed by atoms with van der Waals surface area (Å²) < 4.78 is 0. The molecule has 0 amide bonds. The fourth-order valence-corrected chi connectivity index (χ4v) is 2.53. The molecule has 82 valence electrons. The zero-order valence-electron chi connectivity index (χ0n) is 10.1. The van der Waals surface area contributed by atoms with E-state index in [2.05, 4.69) is 27.7 Å². The summed E-state index contributed by atoms with van der Waals surface area (Å²) in [6.45, 7) is 9.08. The van der Waals surface area contributed by atoms with E-state index in [1.54, 1.807) is 0 Å². The molecule has 1 rings (SSSR count). The van der Waals surface area contributed by atoms with Crippen molar-refractivity contribution in [3.05, 3.63) is 0 Å². The number of carbonyl (C=O) groups excluding carboxylic acids is 1. The molecular formula is C13H24O. The smallest absolute Gasteiger partial charge is 0.135 e. The standard InChI is InChI=1S/C13H24O/c1-5-6-10-9-11(13(2,3)4)7-8-12(10)14/h10-11H,5-9H2,1-4H3/t10-,11-/m0/s1. The lowest BCUT2D eigenvalue weighted by molar-refractivity contribution is -0.126. The van der Waals surface area contributed by atoms with Crippen LogP contribution < -0.4 is 0 Å². The Balaban J connectivity index is 2.57. The van der Waals surface area contributed by atoms with Gasteiger partial charge in [-0.3, -0.25) is 4.79 Å². The minimum Gasteiger partial charge on any atom is -0.299 e. The Morgan fingerprint density at radius 2 is 2.00 bits per heavy atom. The summed E-state index contributed by atoms with van der Waals surface area (Å²) in [5, 5.41) is 0. The lowest BCUT2D eigenvalue weighted by Gasteiger charge is -2.37. The lowest BCUT2D eigenvalue weighted by atomic mass is 9.68. The average Bonchev–Trinajstić information content (AvgIpc) is 2.07. The van der Waals surface area contributed by atoms with Crippen molar-refractivity contribution in [3.8, 4) is 0 Å². The lowest BCUT2D eigenvalue weighted by Crippen LogP contribution is -2.31. The third-order valence-electron chi connectivity index (χ3n) is 3.63. The molecule has 0 saturated heterocycles. The molecule has 2 atom stereocenters. The summed E-state index contributed by atoms with van der Waals surface area (Å²) in [5.74, 6) is 1.64. The highest BCUT2D eigenvalue weighted by molar-refractivity contribution is 5.81. The second-order valence-electron chi connectivity index (χ2n) is 5.79. The van der Waals surface area contributed by atoms with Gasteiger partial charge in [0.25, 0.3) is 0 Å². The van der Waals surface area contributed by atoms with Gasteiger partial charge in [-0.1, -0.05) is 34.1 Å². The third kappa shape index (κ3) is 2.83. The van der Waals surface area contributed by atoms with Gasteiger partial charge in [0.1, 0.15) is 5.78 Å². The van der Waals surface area contributed by atoms with Gasteiger partial charge in [0, 0.05) is 12.3 Å². The number of Topliss-reactive ketones (excluding diaryl/α,β-unsaturated/α-hetero) is 1. The molecule has 0 heterocycles. The van der Waals surface area contributed by atoms with Crippen LogP contribution in [0, 0.1) is 17.3 Å². The van der Waals surface area contributed by atoms with Gasteiger partial charge >= 0.3 is 0 Å². The van der Waals surface area contributed by atoms with Crippen LogP contribution in [0.4, 0.5) is 0 Å². The predicted molar refractivity (Wildman–Crippen MR) is 60.2 cm³/mol. The largest absolute Gasteiger partial charge is 0.299 e. The Hall–Kier alpha value is -0.330. The topological polar surface area (TPSA) is 17.1 Å². The molecule has 1 nitrogen and oxygen atoms in total. The van der Waals surface area contributed by atoms with Gasteiger partial charge in [-0.25, -0.2) is 0 Å². The van der Waals surface area contributed by atoms with E-state index in [0.717, 1.165) is 38.0 Å². The molecular weight excluding hydrogens is 172 g/mol. The maximum Gasteiger partial charge on any atom is 0.135 e. The number of hydrogen-bond acceptors (Lipinski definition) is 1. The molecule has 14 heavy (non-hydrogen) atoms. The molecule has 0 aromatic rings. The van der Waals surface area contributed by atoms with Crippen LogP contribution in [0.25, 0.3) is 0 Å². The first-order chi connectivity index (χ1) is 6.45. The predicted octanol–water partition coefficient (Wildman–Crippen LogP) is 3.82.